The van der Waals surface area contributed by atoms with Crippen LogP contribution in [0.15, 0.2) is 65.6 Å². The molecule has 32 heavy (non-hydrogen) atoms. The predicted molar refractivity (Wildman–Crippen MR) is 123 cm³/mol. The topological polar surface area (TPSA) is 37.4 Å². The Morgan fingerprint density at radius 3 is 2.47 bits per heavy atom. The van der Waals surface area contributed by atoms with E-state index in [1.54, 1.807) is 24.3 Å². The maximum Gasteiger partial charge on any atom is 0.260 e. The smallest absolute Gasteiger partial charge is 0.260 e. The number of likely N-dealkylation sites (N-methyl/N-ethyl adjacent to an activating group) is 1. The minimum absolute atomic E-state index is 0.287. The molecule has 1 aliphatic carbocycles. The maximum atomic E-state index is 14.5. The highest BCUT2D eigenvalue weighted by Crippen LogP contribution is 2.45. The minimum Gasteiger partial charge on any atom is -0.324 e. The number of halogens is 3. The Hall–Kier alpha value is -2.83. The van der Waals surface area contributed by atoms with Crippen LogP contribution in [0.25, 0.3) is 6.08 Å². The molecular formula is C25H20ClF2NO2S. The molecule has 0 aliphatic heterocycles. The van der Waals surface area contributed by atoms with E-state index >= 15 is 0 Å². The van der Waals surface area contributed by atoms with E-state index in [9.17, 15) is 18.4 Å². The summed E-state index contributed by atoms with van der Waals surface area (Å²) in [5.74, 6) is -3.16. The van der Waals surface area contributed by atoms with Crippen molar-refractivity contribution in [3.8, 4) is 0 Å². The van der Waals surface area contributed by atoms with E-state index in [1.807, 2.05) is 23.6 Å². The zero-order chi connectivity index (χ0) is 22.9. The van der Waals surface area contributed by atoms with Gasteiger partial charge in [-0.2, -0.15) is 0 Å². The van der Waals surface area contributed by atoms with Crippen molar-refractivity contribution in [3.63, 3.8) is 0 Å². The number of carbonyl (C=O) groups excluding carboxylic acids is 2. The van der Waals surface area contributed by atoms with Crippen LogP contribution in [0, 0.1) is 11.6 Å². The molecule has 0 spiro atoms. The Labute approximate surface area is 193 Å². The van der Waals surface area contributed by atoms with Crippen molar-refractivity contribution in [3.05, 3.63) is 98.2 Å². The van der Waals surface area contributed by atoms with Crippen LogP contribution in [-0.4, -0.2) is 23.6 Å². The summed E-state index contributed by atoms with van der Waals surface area (Å²) in [5, 5.41) is 2.23. The molecule has 164 valence electrons. The lowest BCUT2D eigenvalue weighted by molar-refractivity contribution is -0.128. The lowest BCUT2D eigenvalue weighted by atomic mass is 9.71. The summed E-state index contributed by atoms with van der Waals surface area (Å²) >= 11 is 8.00. The summed E-state index contributed by atoms with van der Waals surface area (Å²) in [7, 11) is 1.41. The summed E-state index contributed by atoms with van der Waals surface area (Å²) < 4.78 is 28.9. The second kappa shape index (κ2) is 8.96. The van der Waals surface area contributed by atoms with E-state index in [1.165, 1.54) is 24.5 Å². The zero-order valence-corrected chi connectivity index (χ0v) is 18.9. The number of Topliss-reactive ketones (excluding diaryl/α,β-unsaturated/α-hetero) is 1. The second-order valence-corrected chi connectivity index (χ2v) is 9.06. The third kappa shape index (κ3) is 3.78. The molecule has 1 heterocycles. The third-order valence-electron chi connectivity index (χ3n) is 5.88. The van der Waals surface area contributed by atoms with E-state index in [0.29, 0.717) is 29.0 Å². The first kappa shape index (κ1) is 22.4. The Morgan fingerprint density at radius 2 is 1.81 bits per heavy atom. The maximum absolute atomic E-state index is 14.5. The molecule has 1 aliphatic rings. The first-order valence-corrected chi connectivity index (χ1v) is 11.4. The highest BCUT2D eigenvalue weighted by Gasteiger charge is 2.50. The molecule has 4 rings (SSSR count). The molecule has 3 nitrogen and oxygen atoms in total. The fraction of sp³-hybridized carbons (Fsp3) is 0.200. The average molecular weight is 472 g/mol. The summed E-state index contributed by atoms with van der Waals surface area (Å²) in [5.41, 5.74) is -1.18. The molecule has 0 radical (unpaired) electrons. The van der Waals surface area contributed by atoms with E-state index in [0.717, 1.165) is 21.9 Å². The number of benzene rings is 2. The van der Waals surface area contributed by atoms with Crippen LogP contribution in [0.4, 0.5) is 8.78 Å². The molecule has 1 unspecified atom stereocenters. The van der Waals surface area contributed by atoms with Gasteiger partial charge in [0.15, 0.2) is 5.78 Å². The first-order chi connectivity index (χ1) is 15.4. The van der Waals surface area contributed by atoms with Gasteiger partial charge < -0.3 is 4.90 Å². The fourth-order valence-electron chi connectivity index (χ4n) is 4.31. The van der Waals surface area contributed by atoms with Crippen LogP contribution in [-0.2, 0) is 10.3 Å². The van der Waals surface area contributed by atoms with Crippen molar-refractivity contribution in [2.75, 3.05) is 7.05 Å². The Kier molecular flexibility index (Phi) is 6.26. The molecule has 1 aromatic heterocycles. The molecule has 1 amide bonds. The Bertz CT molecular complexity index is 1190. The number of hydrogen-bond donors (Lipinski definition) is 0. The van der Waals surface area contributed by atoms with Gasteiger partial charge >= 0.3 is 0 Å². The Balaban J connectivity index is 1.89. The minimum atomic E-state index is -1.48. The van der Waals surface area contributed by atoms with Crippen LogP contribution >= 0.6 is 22.9 Å². The average Bonchev–Trinajstić information content (AvgIpc) is 3.28. The third-order valence-corrected chi connectivity index (χ3v) is 7.03. The normalized spacial score (nSPS) is 19.9. The number of hydrogen-bond acceptors (Lipinski definition) is 3. The SMILES string of the molecule is CN(C(=O)c1c(F)cccc1F)C1(c2ccccc2Cl)CCC/C(=C/c2cccs2)C1=O. The quantitative estimate of drug-likeness (QED) is 0.408. The van der Waals surface area contributed by atoms with Crippen molar-refractivity contribution in [1.82, 2.24) is 4.90 Å². The van der Waals surface area contributed by atoms with Gasteiger partial charge in [-0.25, -0.2) is 8.78 Å². The summed E-state index contributed by atoms with van der Waals surface area (Å²) in [6.45, 7) is 0. The van der Waals surface area contributed by atoms with Crippen molar-refractivity contribution in [2.24, 2.45) is 0 Å². The van der Waals surface area contributed by atoms with Crippen molar-refractivity contribution >= 4 is 40.7 Å². The number of carbonyl (C=O) groups is 2. The van der Waals surface area contributed by atoms with Crippen molar-refractivity contribution in [2.45, 2.75) is 24.8 Å². The van der Waals surface area contributed by atoms with E-state index in [2.05, 4.69) is 0 Å². The van der Waals surface area contributed by atoms with E-state index < -0.39 is 28.6 Å². The predicted octanol–water partition coefficient (Wildman–Crippen LogP) is 6.48. The lowest BCUT2D eigenvalue weighted by Gasteiger charge is -2.44. The van der Waals surface area contributed by atoms with Crippen LogP contribution in [0.5, 0.6) is 0 Å². The molecular weight excluding hydrogens is 452 g/mol. The first-order valence-electron chi connectivity index (χ1n) is 10.1. The van der Waals surface area contributed by atoms with Crippen LogP contribution in [0.3, 0.4) is 0 Å². The van der Waals surface area contributed by atoms with Gasteiger partial charge in [-0.3, -0.25) is 9.59 Å². The zero-order valence-electron chi connectivity index (χ0n) is 17.3. The largest absolute Gasteiger partial charge is 0.324 e. The number of nitrogens with zero attached hydrogens (tertiary/aromatic N) is 1. The Morgan fingerprint density at radius 1 is 1.09 bits per heavy atom. The van der Waals surface area contributed by atoms with Gasteiger partial charge in [0.1, 0.15) is 22.7 Å². The fourth-order valence-corrected chi connectivity index (χ4v) is 5.28. The van der Waals surface area contributed by atoms with Gasteiger partial charge in [0.25, 0.3) is 5.91 Å². The van der Waals surface area contributed by atoms with Crippen molar-refractivity contribution < 1.29 is 18.4 Å². The summed E-state index contributed by atoms with van der Waals surface area (Å²) in [6.07, 6.45) is 3.25. The van der Waals surface area contributed by atoms with Crippen molar-refractivity contribution in [1.29, 1.82) is 0 Å². The molecule has 1 fully saturated rings. The van der Waals surface area contributed by atoms with Crippen LogP contribution < -0.4 is 0 Å². The molecule has 1 atom stereocenters. The van der Waals surface area contributed by atoms with E-state index in [-0.39, 0.29) is 12.2 Å². The highest BCUT2D eigenvalue weighted by molar-refractivity contribution is 7.10. The highest BCUT2D eigenvalue weighted by atomic mass is 35.5. The summed E-state index contributed by atoms with van der Waals surface area (Å²) in [6, 6.07) is 13.8. The molecule has 0 bridgehead atoms. The molecule has 0 N–H and O–H groups in total. The molecule has 3 aromatic rings. The number of ketones is 1. The van der Waals surface area contributed by atoms with Gasteiger partial charge in [0, 0.05) is 22.5 Å². The summed E-state index contributed by atoms with van der Waals surface area (Å²) in [4.78, 5) is 29.4. The molecule has 7 heteroatoms. The lowest BCUT2D eigenvalue weighted by Crippen LogP contribution is -2.55. The number of thiophene rings is 1. The van der Waals surface area contributed by atoms with Gasteiger partial charge in [-0.05, 0) is 60.6 Å². The molecule has 2 aromatic carbocycles. The van der Waals surface area contributed by atoms with Crippen LogP contribution in [0.1, 0.15) is 40.1 Å². The van der Waals surface area contributed by atoms with E-state index in [4.69, 9.17) is 11.6 Å². The van der Waals surface area contributed by atoms with Gasteiger partial charge in [-0.1, -0.05) is 41.9 Å². The molecule has 1 saturated carbocycles. The van der Waals surface area contributed by atoms with Gasteiger partial charge in [-0.15, -0.1) is 11.3 Å². The number of amides is 1. The van der Waals surface area contributed by atoms with Gasteiger partial charge in [0.05, 0.1) is 0 Å². The second-order valence-electron chi connectivity index (χ2n) is 7.67. The standard InChI is InChI=1S/C25H20ClF2NO2S/c1-29(24(31)22-20(27)11-4-12-21(22)28)25(18-9-2-3-10-19(18)26)13-5-7-16(23(25)30)15-17-8-6-14-32-17/h2-4,6,8-12,14-15H,5,7,13H2,1H3/b16-15-. The van der Waals surface area contributed by atoms with Gasteiger partial charge in [0.2, 0.25) is 0 Å². The molecule has 0 saturated heterocycles. The monoisotopic (exact) mass is 471 g/mol. The van der Waals surface area contributed by atoms with Crippen LogP contribution in [0.2, 0.25) is 5.02 Å². The number of rotatable bonds is 4.